The fourth-order valence-electron chi connectivity index (χ4n) is 8.64. The highest BCUT2D eigenvalue weighted by molar-refractivity contribution is 7.93. The molecule has 2 aromatic heterocycles. The highest BCUT2D eigenvalue weighted by atomic mass is 32.2. The largest absolute Gasteiger partial charge is 0.492 e. The van der Waals surface area contributed by atoms with Crippen LogP contribution in [0.25, 0.3) is 17.0 Å². The van der Waals surface area contributed by atoms with Crippen LogP contribution in [0, 0.1) is 5.41 Å². The van der Waals surface area contributed by atoms with Crippen LogP contribution in [0.3, 0.4) is 0 Å². The highest BCUT2D eigenvalue weighted by Crippen LogP contribution is 2.40. The van der Waals surface area contributed by atoms with Gasteiger partial charge in [-0.1, -0.05) is 149 Å². The lowest BCUT2D eigenvalue weighted by Gasteiger charge is -2.33. The van der Waals surface area contributed by atoms with Crippen LogP contribution in [0.4, 0.5) is 11.4 Å². The highest BCUT2D eigenvalue weighted by Gasteiger charge is 2.31. The van der Waals surface area contributed by atoms with Gasteiger partial charge in [-0.15, -0.1) is 5.10 Å². The molecule has 0 aliphatic carbocycles. The molecule has 0 saturated heterocycles. The lowest BCUT2D eigenvalue weighted by Crippen LogP contribution is -2.25. The molecule has 0 atom stereocenters. The van der Waals surface area contributed by atoms with Gasteiger partial charge in [-0.05, 0) is 90.3 Å². The second-order valence-electron chi connectivity index (χ2n) is 19.8. The number of para-hydroxylation sites is 1. The van der Waals surface area contributed by atoms with E-state index in [1.54, 1.807) is 42.5 Å². The van der Waals surface area contributed by atoms with Crippen molar-refractivity contribution in [2.45, 2.75) is 147 Å². The Hall–Kier alpha value is -5.74. The van der Waals surface area contributed by atoms with E-state index in [1.807, 2.05) is 36.4 Å². The monoisotopic (exact) mass is 999 g/mol. The first-order valence-electron chi connectivity index (χ1n) is 24.9. The minimum Gasteiger partial charge on any atom is -0.492 e. The van der Waals surface area contributed by atoms with Gasteiger partial charge in [-0.2, -0.15) is 4.63 Å². The van der Waals surface area contributed by atoms with Crippen LogP contribution in [0.5, 0.6) is 23.1 Å². The Labute approximate surface area is 416 Å². The molecule has 0 aliphatic rings. The number of ether oxygens (including phenoxy) is 4. The van der Waals surface area contributed by atoms with Gasteiger partial charge in [-0.25, -0.2) is 21.8 Å². The number of hydrogen-bond donors (Lipinski definition) is 3. The Morgan fingerprint density at radius 1 is 0.571 bits per heavy atom. The topological polar surface area (TPSA) is 175 Å². The average molecular weight is 999 g/mol. The predicted molar refractivity (Wildman–Crippen MR) is 280 cm³/mol. The normalized spacial score (nSPS) is 12.3. The van der Waals surface area contributed by atoms with E-state index in [2.05, 4.69) is 73.1 Å². The summed E-state index contributed by atoms with van der Waals surface area (Å²) in [5.41, 5.74) is 1.87. The van der Waals surface area contributed by atoms with Crippen LogP contribution in [-0.2, 0) is 25.5 Å². The van der Waals surface area contributed by atoms with Gasteiger partial charge in [0.15, 0.2) is 11.5 Å². The summed E-state index contributed by atoms with van der Waals surface area (Å²) in [6, 6.07) is 27.7. The number of anilines is 2. The van der Waals surface area contributed by atoms with Gasteiger partial charge in [0.2, 0.25) is 5.88 Å². The summed E-state index contributed by atoms with van der Waals surface area (Å²) in [4.78, 5) is 4.43. The summed E-state index contributed by atoms with van der Waals surface area (Å²) in [6.07, 6.45) is 13.3. The maximum atomic E-state index is 14.6. The molecular formula is C54H74N6O8S2. The minimum absolute atomic E-state index is 0.0109. The van der Waals surface area contributed by atoms with Crippen molar-refractivity contribution in [3.8, 4) is 34.5 Å². The Bertz CT molecular complexity index is 2770. The van der Waals surface area contributed by atoms with E-state index in [0.29, 0.717) is 42.7 Å². The van der Waals surface area contributed by atoms with Gasteiger partial charge in [0.25, 0.3) is 20.0 Å². The molecule has 0 bridgehead atoms. The van der Waals surface area contributed by atoms with E-state index in [-0.39, 0.29) is 50.1 Å². The van der Waals surface area contributed by atoms with E-state index >= 15 is 0 Å². The molecule has 0 amide bonds. The van der Waals surface area contributed by atoms with E-state index in [0.717, 1.165) is 88.4 Å². The number of fused-ring (bicyclic) bond motifs is 1. The van der Waals surface area contributed by atoms with Crippen LogP contribution in [0.15, 0.2) is 107 Å². The standard InChI is InChI=1S/C54H74N6O8S2/c1-8-10-12-14-16-21-32-66-46-30-28-42(54(6,7)40-53(3,4)5)37-48(46)69(61,62)59-44-29-31-47(67-33-22-17-15-13-11-9-2)49(38-44)70(63,64)58-43-25-23-24-41(36-43)52-55-50-39-51(56-60(50)57-52)68-35-34-65-45-26-19-18-20-27-45/h18-20,23-31,36-39,58-59H,8-17,21-22,32-35,40H2,1-7H3,(H,55,57). The van der Waals surface area contributed by atoms with Crippen LogP contribution < -0.4 is 28.4 Å². The molecule has 0 fully saturated rings. The number of benzene rings is 4. The van der Waals surface area contributed by atoms with Crippen molar-refractivity contribution in [1.29, 1.82) is 0 Å². The van der Waals surface area contributed by atoms with Crippen molar-refractivity contribution < 1.29 is 35.8 Å². The van der Waals surface area contributed by atoms with Crippen molar-refractivity contribution in [2.75, 3.05) is 35.9 Å². The molecule has 2 heterocycles. The molecule has 380 valence electrons. The third-order valence-corrected chi connectivity index (χ3v) is 14.6. The summed E-state index contributed by atoms with van der Waals surface area (Å²) in [7, 11) is -8.69. The molecule has 70 heavy (non-hydrogen) atoms. The zero-order chi connectivity index (χ0) is 50.2. The number of unbranched alkanes of at least 4 members (excludes halogenated alkanes) is 10. The first kappa shape index (κ1) is 53.6. The number of sulfonamides is 2. The SMILES string of the molecule is CCCCCCCCOc1ccc(NS(=O)(=O)c2cc(C(C)(C)CC(C)(C)C)ccc2OCCCCCCCC)cc1S(=O)(=O)Nc1cccc(-c2nc3cc(OCCOc4ccccc4)nn3[nH]2)c1. The van der Waals surface area contributed by atoms with E-state index < -0.39 is 20.0 Å². The van der Waals surface area contributed by atoms with Crippen molar-refractivity contribution in [3.05, 3.63) is 103 Å². The van der Waals surface area contributed by atoms with E-state index in [9.17, 15) is 16.8 Å². The molecule has 0 unspecified atom stereocenters. The van der Waals surface area contributed by atoms with Gasteiger partial charge in [-0.3, -0.25) is 14.5 Å². The van der Waals surface area contributed by atoms with Crippen LogP contribution in [0.2, 0.25) is 0 Å². The van der Waals surface area contributed by atoms with Crippen molar-refractivity contribution in [1.82, 2.24) is 19.8 Å². The van der Waals surface area contributed by atoms with Crippen LogP contribution in [0.1, 0.15) is 138 Å². The molecule has 6 rings (SSSR count). The van der Waals surface area contributed by atoms with E-state index in [4.69, 9.17) is 18.9 Å². The van der Waals surface area contributed by atoms with Crippen molar-refractivity contribution in [2.24, 2.45) is 5.41 Å². The fourth-order valence-corrected chi connectivity index (χ4v) is 11.1. The Morgan fingerprint density at radius 2 is 1.14 bits per heavy atom. The van der Waals surface area contributed by atoms with Gasteiger partial charge in [0.05, 0.1) is 18.9 Å². The lowest BCUT2D eigenvalue weighted by molar-refractivity contribution is 0.211. The van der Waals surface area contributed by atoms with Crippen LogP contribution >= 0.6 is 0 Å². The molecular weight excluding hydrogens is 925 g/mol. The Balaban J connectivity index is 1.23. The second-order valence-corrected chi connectivity index (χ2v) is 23.1. The van der Waals surface area contributed by atoms with E-state index in [1.165, 1.54) is 29.3 Å². The zero-order valence-electron chi connectivity index (χ0n) is 42.2. The van der Waals surface area contributed by atoms with Gasteiger partial charge in [0.1, 0.15) is 40.3 Å². The van der Waals surface area contributed by atoms with Gasteiger partial charge >= 0.3 is 0 Å². The summed E-state index contributed by atoms with van der Waals surface area (Å²) >= 11 is 0. The quantitative estimate of drug-likeness (QED) is 0.0368. The van der Waals surface area contributed by atoms with Gasteiger partial charge in [0, 0.05) is 17.3 Å². The average Bonchev–Trinajstić information content (AvgIpc) is 3.89. The summed E-state index contributed by atoms with van der Waals surface area (Å²) < 4.78 is 88.9. The molecule has 0 aliphatic heterocycles. The molecule has 16 heteroatoms. The predicted octanol–water partition coefficient (Wildman–Crippen LogP) is 13.0. The third-order valence-electron chi connectivity index (χ3n) is 11.8. The summed E-state index contributed by atoms with van der Waals surface area (Å²) in [6.45, 7) is 16.4. The van der Waals surface area contributed by atoms with Crippen molar-refractivity contribution >= 4 is 37.1 Å². The lowest BCUT2D eigenvalue weighted by atomic mass is 9.72. The Morgan fingerprint density at radius 3 is 1.76 bits per heavy atom. The van der Waals surface area contributed by atoms with Crippen LogP contribution in [-0.4, -0.2) is 63.1 Å². The number of nitrogens with zero attached hydrogens (tertiary/aromatic N) is 3. The molecule has 14 nitrogen and oxygen atoms in total. The molecule has 4 aromatic carbocycles. The summed E-state index contributed by atoms with van der Waals surface area (Å²) in [5, 5.41) is 7.56. The molecule has 6 aromatic rings. The maximum absolute atomic E-state index is 14.6. The number of aromatic amines is 1. The molecule has 0 radical (unpaired) electrons. The zero-order valence-corrected chi connectivity index (χ0v) is 43.8. The molecule has 0 saturated carbocycles. The first-order valence-corrected chi connectivity index (χ1v) is 27.9. The Kier molecular flexibility index (Phi) is 19.1. The number of nitrogens with one attached hydrogen (secondary N) is 3. The molecule has 3 N–H and O–H groups in total. The number of hydrogen-bond acceptors (Lipinski definition) is 10. The fraction of sp³-hybridized carbons (Fsp3) is 0.481. The summed E-state index contributed by atoms with van der Waals surface area (Å²) in [5.74, 6) is 1.91. The minimum atomic E-state index is -4.37. The smallest absolute Gasteiger partial charge is 0.265 e. The maximum Gasteiger partial charge on any atom is 0.265 e. The number of rotatable bonds is 30. The number of H-pyrrole nitrogens is 1. The van der Waals surface area contributed by atoms with Crippen molar-refractivity contribution in [3.63, 3.8) is 0 Å². The number of aromatic nitrogens is 4. The molecule has 0 spiro atoms. The third kappa shape index (κ3) is 15.9. The van der Waals surface area contributed by atoms with Gasteiger partial charge < -0.3 is 18.9 Å². The first-order chi connectivity index (χ1) is 33.5. The second kappa shape index (κ2) is 24.9.